The van der Waals surface area contributed by atoms with Crippen LogP contribution in [0, 0.1) is 23.3 Å². The van der Waals surface area contributed by atoms with Crippen molar-refractivity contribution in [2.45, 2.75) is 96.7 Å². The second-order valence-electron chi connectivity index (χ2n) is 10.5. The molecule has 0 aliphatic heterocycles. The quantitative estimate of drug-likeness (QED) is 0.178. The van der Waals surface area contributed by atoms with Gasteiger partial charge in [0.1, 0.15) is 0 Å². The minimum absolute atomic E-state index is 0.00204. The molecule has 0 saturated heterocycles. The van der Waals surface area contributed by atoms with Crippen molar-refractivity contribution in [2.75, 3.05) is 0 Å². The molecule has 3 aromatic carbocycles. The highest BCUT2D eigenvalue weighted by Gasteiger charge is 2.27. The van der Waals surface area contributed by atoms with Crippen LogP contribution in [0.5, 0.6) is 0 Å². The average Bonchev–Trinajstić information content (AvgIpc) is 2.93. The van der Waals surface area contributed by atoms with E-state index in [4.69, 9.17) is 4.74 Å². The van der Waals surface area contributed by atoms with E-state index in [0.29, 0.717) is 48.8 Å². The van der Waals surface area contributed by atoms with Crippen LogP contribution < -0.4 is 0 Å². The molecule has 1 nitrogen and oxygen atoms in total. The van der Waals surface area contributed by atoms with Gasteiger partial charge in [-0.15, -0.1) is 0 Å². The lowest BCUT2D eigenvalue weighted by Crippen LogP contribution is -2.21. The van der Waals surface area contributed by atoms with E-state index in [0.717, 1.165) is 32.1 Å². The maximum absolute atomic E-state index is 15.1. The lowest BCUT2D eigenvalue weighted by atomic mass is 9.82. The van der Waals surface area contributed by atoms with E-state index in [2.05, 4.69) is 13.8 Å². The summed E-state index contributed by atoms with van der Waals surface area (Å²) in [5.74, 6) is -3.28. The molecule has 0 unspecified atom stereocenters. The van der Waals surface area contributed by atoms with Crippen molar-refractivity contribution in [3.8, 4) is 11.1 Å². The highest BCUT2D eigenvalue weighted by atomic mass is 19.2. The number of aryl methyl sites for hydroxylation is 2. The average molecular weight is 527 g/mol. The number of unbranched alkanes of at least 4 members (excludes halogenated alkanes) is 2. The van der Waals surface area contributed by atoms with Gasteiger partial charge < -0.3 is 4.74 Å². The minimum atomic E-state index is -0.828. The van der Waals surface area contributed by atoms with Gasteiger partial charge in [-0.2, -0.15) is 0 Å². The summed E-state index contributed by atoms with van der Waals surface area (Å²) in [7, 11) is 0. The van der Waals surface area contributed by atoms with Gasteiger partial charge in [0.25, 0.3) is 0 Å². The fraction of sp³-hybridized carbons (Fsp3) is 0.455. The fourth-order valence-corrected chi connectivity index (χ4v) is 5.49. The van der Waals surface area contributed by atoms with Crippen LogP contribution in [0.2, 0.25) is 0 Å². The molecule has 0 atom stereocenters. The van der Waals surface area contributed by atoms with Gasteiger partial charge in [-0.3, -0.25) is 0 Å². The van der Waals surface area contributed by atoms with Gasteiger partial charge in [0, 0.05) is 11.1 Å². The first-order valence-electron chi connectivity index (χ1n) is 14.1. The second kappa shape index (κ2) is 13.4. The zero-order chi connectivity index (χ0) is 27.1. The maximum Gasteiger partial charge on any atom is 0.166 e. The predicted molar refractivity (Wildman–Crippen MR) is 145 cm³/mol. The summed E-state index contributed by atoms with van der Waals surface area (Å²) in [6, 6.07) is 14.3. The number of hydrogen-bond donors (Lipinski definition) is 0. The Morgan fingerprint density at radius 1 is 0.658 bits per heavy atom. The van der Waals surface area contributed by atoms with Gasteiger partial charge >= 0.3 is 0 Å². The summed E-state index contributed by atoms with van der Waals surface area (Å²) < 4.78 is 65.1. The topological polar surface area (TPSA) is 9.23 Å². The third-order valence-corrected chi connectivity index (χ3v) is 7.80. The molecule has 1 aliphatic carbocycles. The van der Waals surface area contributed by atoms with Gasteiger partial charge in [-0.1, -0.05) is 81.6 Å². The molecule has 0 aromatic heterocycles. The Morgan fingerprint density at radius 3 is 2.03 bits per heavy atom. The molecule has 0 heterocycles. The van der Waals surface area contributed by atoms with Crippen LogP contribution in [-0.2, 0) is 24.2 Å². The summed E-state index contributed by atoms with van der Waals surface area (Å²) in [5.41, 5.74) is 3.16. The summed E-state index contributed by atoms with van der Waals surface area (Å²) in [4.78, 5) is 0. The molecule has 0 N–H and O–H groups in total. The standard InChI is InChI=1S/C33H38F4O/c1-3-5-6-8-25-13-14-26(31(35)30(25)34)21-38-27-17-15-24(16-18-27)29-20-19-28(32(36)33(29)37)23-11-9-22(7-4-2)10-12-23/h9-14,19-20,24,27H,3-8,15-18,21H2,1-2H3. The number of halogens is 4. The van der Waals surface area contributed by atoms with E-state index in [1.165, 1.54) is 5.56 Å². The van der Waals surface area contributed by atoms with Crippen LogP contribution >= 0.6 is 0 Å². The van der Waals surface area contributed by atoms with Crippen molar-refractivity contribution in [3.05, 3.63) is 94.1 Å². The Morgan fingerprint density at radius 2 is 1.34 bits per heavy atom. The largest absolute Gasteiger partial charge is 0.373 e. The number of benzene rings is 3. The Kier molecular flexibility index (Phi) is 10.0. The van der Waals surface area contributed by atoms with Crippen LogP contribution in [0.3, 0.4) is 0 Å². The Balaban J connectivity index is 1.33. The van der Waals surface area contributed by atoms with E-state index < -0.39 is 23.3 Å². The second-order valence-corrected chi connectivity index (χ2v) is 10.5. The van der Waals surface area contributed by atoms with Crippen molar-refractivity contribution in [1.29, 1.82) is 0 Å². The van der Waals surface area contributed by atoms with Gasteiger partial charge in [0.05, 0.1) is 12.7 Å². The summed E-state index contributed by atoms with van der Waals surface area (Å²) >= 11 is 0. The molecule has 0 amide bonds. The molecule has 3 aromatic rings. The third kappa shape index (κ3) is 6.66. The van der Waals surface area contributed by atoms with Crippen LogP contribution in [-0.4, -0.2) is 6.10 Å². The van der Waals surface area contributed by atoms with Crippen LogP contribution in [0.4, 0.5) is 17.6 Å². The normalized spacial score (nSPS) is 17.6. The molecule has 1 saturated carbocycles. The summed E-state index contributed by atoms with van der Waals surface area (Å²) in [6.07, 6.45) is 7.88. The van der Waals surface area contributed by atoms with Gasteiger partial charge in [0.15, 0.2) is 23.3 Å². The highest BCUT2D eigenvalue weighted by Crippen LogP contribution is 2.38. The van der Waals surface area contributed by atoms with Crippen molar-refractivity contribution in [2.24, 2.45) is 0 Å². The van der Waals surface area contributed by atoms with Crippen LogP contribution in [0.25, 0.3) is 11.1 Å². The van der Waals surface area contributed by atoms with Crippen LogP contribution in [0.1, 0.15) is 93.4 Å². The van der Waals surface area contributed by atoms with Crippen molar-refractivity contribution >= 4 is 0 Å². The fourth-order valence-electron chi connectivity index (χ4n) is 5.49. The smallest absolute Gasteiger partial charge is 0.166 e. The first-order valence-corrected chi connectivity index (χ1v) is 14.1. The minimum Gasteiger partial charge on any atom is -0.373 e. The molecule has 1 aliphatic rings. The van der Waals surface area contributed by atoms with E-state index in [1.807, 2.05) is 24.3 Å². The Hall–Kier alpha value is -2.66. The lowest BCUT2D eigenvalue weighted by Gasteiger charge is -2.29. The van der Waals surface area contributed by atoms with Crippen molar-refractivity contribution < 1.29 is 22.3 Å². The van der Waals surface area contributed by atoms with E-state index in [9.17, 15) is 8.78 Å². The van der Waals surface area contributed by atoms with Crippen LogP contribution in [0.15, 0.2) is 48.5 Å². The molecule has 0 radical (unpaired) electrons. The summed E-state index contributed by atoms with van der Waals surface area (Å²) in [6.45, 7) is 4.18. The van der Waals surface area contributed by atoms with Gasteiger partial charge in [-0.25, -0.2) is 17.6 Å². The van der Waals surface area contributed by atoms with Crippen molar-refractivity contribution in [1.82, 2.24) is 0 Å². The molecular formula is C33H38F4O. The van der Waals surface area contributed by atoms with E-state index in [-0.39, 0.29) is 29.8 Å². The lowest BCUT2D eigenvalue weighted by molar-refractivity contribution is 0.0116. The monoisotopic (exact) mass is 526 g/mol. The first kappa shape index (κ1) is 28.4. The van der Waals surface area contributed by atoms with E-state index in [1.54, 1.807) is 24.3 Å². The van der Waals surface area contributed by atoms with Gasteiger partial charge in [-0.05, 0) is 73.1 Å². The van der Waals surface area contributed by atoms with Crippen molar-refractivity contribution in [3.63, 3.8) is 0 Å². The molecule has 204 valence electrons. The van der Waals surface area contributed by atoms with Gasteiger partial charge in [0.2, 0.25) is 0 Å². The van der Waals surface area contributed by atoms with E-state index >= 15 is 8.78 Å². The predicted octanol–water partition coefficient (Wildman–Crippen LogP) is 9.84. The Bertz CT molecular complexity index is 1200. The molecule has 0 spiro atoms. The molecule has 0 bridgehead atoms. The number of ether oxygens (including phenoxy) is 1. The molecule has 38 heavy (non-hydrogen) atoms. The molecule has 1 fully saturated rings. The third-order valence-electron chi connectivity index (χ3n) is 7.80. The maximum atomic E-state index is 15.1. The molecule has 5 heteroatoms. The number of rotatable bonds is 11. The zero-order valence-electron chi connectivity index (χ0n) is 22.5. The first-order chi connectivity index (χ1) is 18.4. The zero-order valence-corrected chi connectivity index (χ0v) is 22.5. The highest BCUT2D eigenvalue weighted by molar-refractivity contribution is 5.65. The SMILES string of the molecule is CCCCCc1ccc(COC2CCC(c3ccc(-c4ccc(CCC)cc4)c(F)c3F)CC2)c(F)c1F. The molecular weight excluding hydrogens is 488 g/mol. The number of hydrogen-bond acceptors (Lipinski definition) is 1. The Labute approximate surface area is 224 Å². The molecule has 4 rings (SSSR count). The summed E-state index contributed by atoms with van der Waals surface area (Å²) in [5, 5.41) is 0.